The molecular formula is C8H10F7NO. The summed E-state index contributed by atoms with van der Waals surface area (Å²) < 4.78 is 91.3. The van der Waals surface area contributed by atoms with Gasteiger partial charge in [-0.2, -0.15) is 26.3 Å². The van der Waals surface area contributed by atoms with Crippen LogP contribution in [0.5, 0.6) is 0 Å². The zero-order chi connectivity index (χ0) is 13.3. The molecule has 0 bridgehead atoms. The van der Waals surface area contributed by atoms with Crippen molar-refractivity contribution in [2.45, 2.75) is 18.6 Å². The van der Waals surface area contributed by atoms with Gasteiger partial charge in [0, 0.05) is 13.1 Å². The molecule has 1 atom stereocenters. The molecule has 1 fully saturated rings. The number of alkyl halides is 7. The van der Waals surface area contributed by atoms with E-state index in [4.69, 9.17) is 4.74 Å². The Hall–Kier alpha value is -0.570. The number of hydrogen-bond acceptors (Lipinski definition) is 2. The Morgan fingerprint density at radius 1 is 0.882 bits per heavy atom. The molecule has 1 saturated heterocycles. The first-order chi connectivity index (χ1) is 7.64. The number of rotatable bonds is 2. The first-order valence-electron chi connectivity index (χ1n) is 4.73. The lowest BCUT2D eigenvalue weighted by Gasteiger charge is -2.35. The smallest absolute Gasteiger partial charge is 0.379 e. The molecule has 0 radical (unpaired) electrons. The average molecular weight is 269 g/mol. The second-order valence-electron chi connectivity index (χ2n) is 3.58. The Labute approximate surface area is 92.3 Å². The molecule has 1 heterocycles. The second kappa shape index (κ2) is 4.97. The van der Waals surface area contributed by atoms with E-state index in [0.29, 0.717) is 4.90 Å². The molecule has 102 valence electrons. The highest BCUT2D eigenvalue weighted by Crippen LogP contribution is 2.43. The van der Waals surface area contributed by atoms with Gasteiger partial charge in [-0.15, -0.1) is 0 Å². The monoisotopic (exact) mass is 269 g/mol. The second-order valence-corrected chi connectivity index (χ2v) is 3.58. The fourth-order valence-electron chi connectivity index (χ4n) is 1.53. The molecule has 0 aliphatic carbocycles. The van der Waals surface area contributed by atoms with Crippen LogP contribution < -0.4 is 0 Å². The highest BCUT2D eigenvalue weighted by molar-refractivity contribution is 4.83. The molecule has 1 aliphatic heterocycles. The Kier molecular flexibility index (Phi) is 4.23. The molecule has 9 heteroatoms. The standard InChI is InChI=1S/C8H10F7NO/c9-6(16-1-3-17-4-2-16)5(7(10,11)12)8(13,14)15/h5-6H,1-4H2. The van der Waals surface area contributed by atoms with Gasteiger partial charge in [0.2, 0.25) is 0 Å². The third-order valence-corrected chi connectivity index (χ3v) is 2.37. The van der Waals surface area contributed by atoms with Crippen LogP contribution in [0.25, 0.3) is 0 Å². The van der Waals surface area contributed by atoms with Crippen LogP contribution in [0.3, 0.4) is 0 Å². The van der Waals surface area contributed by atoms with Crippen LogP contribution in [-0.4, -0.2) is 49.9 Å². The number of nitrogens with zero attached hydrogens (tertiary/aromatic N) is 1. The van der Waals surface area contributed by atoms with E-state index in [1.807, 2.05) is 0 Å². The maximum Gasteiger partial charge on any atom is 0.404 e. The van der Waals surface area contributed by atoms with Crippen molar-refractivity contribution >= 4 is 0 Å². The summed E-state index contributed by atoms with van der Waals surface area (Å²) in [6.07, 6.45) is -14.4. The van der Waals surface area contributed by atoms with E-state index in [2.05, 4.69) is 0 Å². The zero-order valence-corrected chi connectivity index (χ0v) is 8.48. The van der Waals surface area contributed by atoms with Crippen molar-refractivity contribution < 1.29 is 35.5 Å². The van der Waals surface area contributed by atoms with Gasteiger partial charge < -0.3 is 4.74 Å². The first-order valence-corrected chi connectivity index (χ1v) is 4.73. The molecule has 0 aromatic heterocycles. The van der Waals surface area contributed by atoms with Gasteiger partial charge in [0.1, 0.15) is 0 Å². The van der Waals surface area contributed by atoms with Crippen LogP contribution in [0.1, 0.15) is 0 Å². The van der Waals surface area contributed by atoms with Gasteiger partial charge in [0.15, 0.2) is 12.2 Å². The lowest BCUT2D eigenvalue weighted by molar-refractivity contribution is -0.314. The fourth-order valence-corrected chi connectivity index (χ4v) is 1.53. The maximum absolute atomic E-state index is 13.4. The van der Waals surface area contributed by atoms with Gasteiger partial charge in [-0.1, -0.05) is 0 Å². The highest BCUT2D eigenvalue weighted by atomic mass is 19.4. The molecular weight excluding hydrogens is 259 g/mol. The lowest BCUT2D eigenvalue weighted by atomic mass is 10.1. The van der Waals surface area contributed by atoms with E-state index < -0.39 is 24.6 Å². The third-order valence-electron chi connectivity index (χ3n) is 2.37. The summed E-state index contributed by atoms with van der Waals surface area (Å²) in [5.74, 6) is -3.98. The van der Waals surface area contributed by atoms with Crippen molar-refractivity contribution in [2.75, 3.05) is 26.3 Å². The van der Waals surface area contributed by atoms with E-state index in [9.17, 15) is 30.7 Å². The van der Waals surface area contributed by atoms with Crippen LogP contribution in [0.2, 0.25) is 0 Å². The van der Waals surface area contributed by atoms with Gasteiger partial charge in [-0.25, -0.2) is 4.39 Å². The van der Waals surface area contributed by atoms with Gasteiger partial charge >= 0.3 is 12.4 Å². The minimum atomic E-state index is -5.66. The third kappa shape index (κ3) is 3.70. The number of morpholine rings is 1. The topological polar surface area (TPSA) is 12.5 Å². The first kappa shape index (κ1) is 14.5. The zero-order valence-electron chi connectivity index (χ0n) is 8.48. The Morgan fingerprint density at radius 2 is 1.29 bits per heavy atom. The van der Waals surface area contributed by atoms with Crippen molar-refractivity contribution in [1.82, 2.24) is 4.90 Å². The summed E-state index contributed by atoms with van der Waals surface area (Å²) in [7, 11) is 0. The predicted octanol–water partition coefficient (Wildman–Crippen LogP) is 2.35. The van der Waals surface area contributed by atoms with E-state index in [0.717, 1.165) is 0 Å². The van der Waals surface area contributed by atoms with Gasteiger partial charge in [-0.3, -0.25) is 4.90 Å². The molecule has 0 saturated carbocycles. The molecule has 1 aliphatic rings. The molecule has 2 nitrogen and oxygen atoms in total. The molecule has 0 aromatic carbocycles. The molecule has 0 N–H and O–H groups in total. The molecule has 0 spiro atoms. The Bertz CT molecular complexity index is 231. The maximum atomic E-state index is 13.4. The highest BCUT2D eigenvalue weighted by Gasteiger charge is 2.62. The predicted molar refractivity (Wildman–Crippen MR) is 42.9 cm³/mol. The largest absolute Gasteiger partial charge is 0.404 e. The van der Waals surface area contributed by atoms with Crippen LogP contribution >= 0.6 is 0 Å². The Morgan fingerprint density at radius 3 is 1.65 bits per heavy atom. The fraction of sp³-hybridized carbons (Fsp3) is 1.00. The summed E-state index contributed by atoms with van der Waals surface area (Å²) in [6.45, 7) is -0.737. The Balaban J connectivity index is 2.82. The van der Waals surface area contributed by atoms with Crippen molar-refractivity contribution in [3.05, 3.63) is 0 Å². The molecule has 17 heavy (non-hydrogen) atoms. The van der Waals surface area contributed by atoms with Crippen LogP contribution in [-0.2, 0) is 4.74 Å². The quantitative estimate of drug-likeness (QED) is 0.563. The summed E-state index contributed by atoms with van der Waals surface area (Å²) in [5.41, 5.74) is 0. The van der Waals surface area contributed by atoms with Crippen molar-refractivity contribution in [3.63, 3.8) is 0 Å². The molecule has 1 unspecified atom stereocenters. The summed E-state index contributed by atoms with van der Waals surface area (Å²) in [4.78, 5) is 0.495. The summed E-state index contributed by atoms with van der Waals surface area (Å²) >= 11 is 0. The van der Waals surface area contributed by atoms with Crippen molar-refractivity contribution in [1.29, 1.82) is 0 Å². The molecule has 1 rings (SSSR count). The molecule has 0 amide bonds. The van der Waals surface area contributed by atoms with Crippen molar-refractivity contribution in [2.24, 2.45) is 5.92 Å². The van der Waals surface area contributed by atoms with E-state index in [1.165, 1.54) is 0 Å². The molecule has 0 aromatic rings. The van der Waals surface area contributed by atoms with E-state index >= 15 is 0 Å². The number of ether oxygens (including phenoxy) is 1. The van der Waals surface area contributed by atoms with E-state index in [1.54, 1.807) is 0 Å². The number of hydrogen-bond donors (Lipinski definition) is 0. The van der Waals surface area contributed by atoms with Crippen LogP contribution in [0.4, 0.5) is 30.7 Å². The van der Waals surface area contributed by atoms with Crippen molar-refractivity contribution in [3.8, 4) is 0 Å². The minimum absolute atomic E-state index is 0.0805. The number of halogens is 7. The van der Waals surface area contributed by atoms with Crippen LogP contribution in [0, 0.1) is 5.92 Å². The summed E-state index contributed by atoms with van der Waals surface area (Å²) in [5, 5.41) is 0. The minimum Gasteiger partial charge on any atom is -0.379 e. The van der Waals surface area contributed by atoms with E-state index in [-0.39, 0.29) is 26.3 Å². The van der Waals surface area contributed by atoms with Gasteiger partial charge in [0.25, 0.3) is 0 Å². The normalized spacial score (nSPS) is 21.9. The van der Waals surface area contributed by atoms with Gasteiger partial charge in [-0.05, 0) is 0 Å². The SMILES string of the molecule is FC(C(C(F)(F)F)C(F)(F)F)N1CCOCC1. The lowest BCUT2D eigenvalue weighted by Crippen LogP contribution is -2.53. The summed E-state index contributed by atoms with van der Waals surface area (Å²) in [6, 6.07) is 0. The van der Waals surface area contributed by atoms with Crippen LogP contribution in [0.15, 0.2) is 0 Å². The average Bonchev–Trinajstić information content (AvgIpc) is 2.14. The van der Waals surface area contributed by atoms with Gasteiger partial charge in [0.05, 0.1) is 13.2 Å².